The molecule has 7 heteroatoms. The van der Waals surface area contributed by atoms with Gasteiger partial charge in [-0.15, -0.1) is 16.4 Å². The van der Waals surface area contributed by atoms with Gasteiger partial charge in [-0.25, -0.2) is 4.98 Å². The van der Waals surface area contributed by atoms with Crippen LogP contribution in [0.2, 0.25) is 5.02 Å². The van der Waals surface area contributed by atoms with Crippen LogP contribution in [0.5, 0.6) is 0 Å². The van der Waals surface area contributed by atoms with Gasteiger partial charge < -0.3 is 5.73 Å². The van der Waals surface area contributed by atoms with Gasteiger partial charge in [-0.05, 0) is 13.0 Å². The summed E-state index contributed by atoms with van der Waals surface area (Å²) >= 11 is 7.79. The smallest absolute Gasteiger partial charge is 0.212 e. The second kappa shape index (κ2) is 5.32. The van der Waals surface area contributed by atoms with E-state index >= 15 is 0 Å². The highest BCUT2D eigenvalue weighted by Gasteiger charge is 2.18. The molecule has 0 radical (unpaired) electrons. The summed E-state index contributed by atoms with van der Waals surface area (Å²) in [5.41, 5.74) is 9.06. The zero-order valence-electron chi connectivity index (χ0n) is 10.7. The Hall–Kier alpha value is -1.76. The van der Waals surface area contributed by atoms with E-state index in [0.717, 1.165) is 22.1 Å². The first-order chi connectivity index (χ1) is 9.70. The Balaban J connectivity index is 2.23. The minimum absolute atomic E-state index is 0.297. The van der Waals surface area contributed by atoms with Gasteiger partial charge in [-0.3, -0.25) is 0 Å². The van der Waals surface area contributed by atoms with Gasteiger partial charge in [0.2, 0.25) is 5.13 Å². The van der Waals surface area contributed by atoms with Gasteiger partial charge in [0.25, 0.3) is 0 Å². The lowest BCUT2D eigenvalue weighted by molar-refractivity contribution is 0.792. The summed E-state index contributed by atoms with van der Waals surface area (Å²) in [6.07, 6.45) is 0. The topological polar surface area (TPSA) is 69.6 Å². The molecule has 0 atom stereocenters. The van der Waals surface area contributed by atoms with E-state index in [1.54, 1.807) is 4.68 Å². The van der Waals surface area contributed by atoms with Gasteiger partial charge in [0.1, 0.15) is 11.4 Å². The Morgan fingerprint density at radius 3 is 2.80 bits per heavy atom. The van der Waals surface area contributed by atoms with E-state index in [1.807, 2.05) is 36.6 Å². The maximum Gasteiger partial charge on any atom is 0.212 e. The van der Waals surface area contributed by atoms with E-state index in [1.165, 1.54) is 11.3 Å². The zero-order valence-corrected chi connectivity index (χ0v) is 12.3. The molecule has 3 aromatic rings. The van der Waals surface area contributed by atoms with E-state index in [9.17, 15) is 0 Å². The van der Waals surface area contributed by atoms with Crippen molar-refractivity contribution in [2.75, 3.05) is 0 Å². The van der Waals surface area contributed by atoms with E-state index in [0.29, 0.717) is 17.3 Å². The molecule has 1 aromatic carbocycles. The van der Waals surface area contributed by atoms with Gasteiger partial charge in [0.05, 0.1) is 10.7 Å². The molecule has 3 rings (SSSR count). The van der Waals surface area contributed by atoms with Crippen LogP contribution in [0.3, 0.4) is 0 Å². The van der Waals surface area contributed by atoms with Crippen LogP contribution in [0, 0.1) is 6.92 Å². The van der Waals surface area contributed by atoms with Gasteiger partial charge in [0, 0.05) is 17.5 Å². The molecule has 0 aliphatic heterocycles. The van der Waals surface area contributed by atoms with Crippen molar-refractivity contribution < 1.29 is 0 Å². The van der Waals surface area contributed by atoms with Crippen LogP contribution in [0.25, 0.3) is 16.4 Å². The van der Waals surface area contributed by atoms with E-state index in [-0.39, 0.29) is 0 Å². The van der Waals surface area contributed by atoms with Crippen molar-refractivity contribution in [1.29, 1.82) is 0 Å². The van der Waals surface area contributed by atoms with Gasteiger partial charge in [0.15, 0.2) is 0 Å². The molecule has 0 amide bonds. The number of aryl methyl sites for hydroxylation is 1. The zero-order chi connectivity index (χ0) is 14.1. The Kier molecular flexibility index (Phi) is 3.52. The lowest BCUT2D eigenvalue weighted by atomic mass is 10.1. The average molecular weight is 306 g/mol. The van der Waals surface area contributed by atoms with Gasteiger partial charge in [-0.1, -0.05) is 35.0 Å². The largest absolute Gasteiger partial charge is 0.325 e. The van der Waals surface area contributed by atoms with Crippen molar-refractivity contribution in [2.24, 2.45) is 5.73 Å². The van der Waals surface area contributed by atoms with Crippen LogP contribution in [0.15, 0.2) is 29.6 Å². The Labute approximate surface area is 125 Å². The number of rotatable bonds is 3. The van der Waals surface area contributed by atoms with Gasteiger partial charge in [-0.2, -0.15) is 4.68 Å². The molecule has 0 fully saturated rings. The molecule has 0 saturated carbocycles. The molecule has 0 spiro atoms. The number of thiazole rings is 1. The summed E-state index contributed by atoms with van der Waals surface area (Å²) in [6, 6.07) is 7.57. The first-order valence-corrected chi connectivity index (χ1v) is 7.28. The number of benzene rings is 1. The normalized spacial score (nSPS) is 10.9. The number of halogens is 1. The third kappa shape index (κ3) is 2.22. The molecule has 2 N–H and O–H groups in total. The number of nitrogens with two attached hydrogens (primary N) is 1. The fourth-order valence-corrected chi connectivity index (χ4v) is 2.92. The summed E-state index contributed by atoms with van der Waals surface area (Å²) in [6.45, 7) is 2.24. The Bertz CT molecular complexity index is 749. The molecular formula is C13H12ClN5S. The third-order valence-electron chi connectivity index (χ3n) is 2.85. The predicted octanol–water partition coefficient (Wildman–Crippen LogP) is 2.81. The monoisotopic (exact) mass is 305 g/mol. The number of hydrogen-bond acceptors (Lipinski definition) is 5. The summed E-state index contributed by atoms with van der Waals surface area (Å²) in [7, 11) is 0. The second-order valence-corrected chi connectivity index (χ2v) is 5.50. The van der Waals surface area contributed by atoms with Crippen molar-refractivity contribution >= 4 is 22.9 Å². The quantitative estimate of drug-likeness (QED) is 0.808. The van der Waals surface area contributed by atoms with Crippen LogP contribution in [0.1, 0.15) is 11.4 Å². The Morgan fingerprint density at radius 2 is 2.15 bits per heavy atom. The third-order valence-corrected chi connectivity index (χ3v) is 4.11. The summed E-state index contributed by atoms with van der Waals surface area (Å²) in [5.74, 6) is 0. The van der Waals surface area contributed by atoms with Crippen LogP contribution < -0.4 is 5.73 Å². The molecule has 2 aromatic heterocycles. The Morgan fingerprint density at radius 1 is 1.35 bits per heavy atom. The second-order valence-electron chi connectivity index (χ2n) is 4.25. The van der Waals surface area contributed by atoms with E-state index in [2.05, 4.69) is 15.3 Å². The lowest BCUT2D eigenvalue weighted by Gasteiger charge is -2.07. The SMILES string of the molecule is Cc1csc(-n2nnc(CN)c2-c2ccccc2Cl)n1. The molecule has 5 nitrogen and oxygen atoms in total. The highest BCUT2D eigenvalue weighted by atomic mass is 35.5. The molecule has 102 valence electrons. The van der Waals surface area contributed by atoms with Crippen LogP contribution in [0.4, 0.5) is 0 Å². The number of nitrogens with zero attached hydrogens (tertiary/aromatic N) is 4. The van der Waals surface area contributed by atoms with Crippen LogP contribution in [-0.4, -0.2) is 20.0 Å². The molecule has 20 heavy (non-hydrogen) atoms. The molecule has 0 aliphatic rings. The van der Waals surface area contributed by atoms with E-state index < -0.39 is 0 Å². The first kappa shape index (κ1) is 13.2. The maximum atomic E-state index is 6.28. The van der Waals surface area contributed by atoms with Crippen molar-refractivity contribution in [2.45, 2.75) is 13.5 Å². The van der Waals surface area contributed by atoms with Crippen LogP contribution in [-0.2, 0) is 6.54 Å². The maximum absolute atomic E-state index is 6.28. The van der Waals surface area contributed by atoms with Gasteiger partial charge >= 0.3 is 0 Å². The number of aromatic nitrogens is 4. The molecule has 0 saturated heterocycles. The average Bonchev–Trinajstić information content (AvgIpc) is 3.05. The minimum atomic E-state index is 0.297. The van der Waals surface area contributed by atoms with E-state index in [4.69, 9.17) is 17.3 Å². The fraction of sp³-hybridized carbons (Fsp3) is 0.154. The minimum Gasteiger partial charge on any atom is -0.325 e. The summed E-state index contributed by atoms with van der Waals surface area (Å²) in [4.78, 5) is 4.44. The summed E-state index contributed by atoms with van der Waals surface area (Å²) < 4.78 is 1.70. The fourth-order valence-electron chi connectivity index (χ4n) is 1.95. The van der Waals surface area contributed by atoms with Crippen molar-refractivity contribution in [3.05, 3.63) is 46.1 Å². The highest BCUT2D eigenvalue weighted by molar-refractivity contribution is 7.12. The molecule has 0 unspecified atom stereocenters. The predicted molar refractivity (Wildman–Crippen MR) is 80.1 cm³/mol. The molecule has 0 aliphatic carbocycles. The molecular weight excluding hydrogens is 294 g/mol. The lowest BCUT2D eigenvalue weighted by Crippen LogP contribution is -2.02. The van der Waals surface area contributed by atoms with Crippen molar-refractivity contribution in [1.82, 2.24) is 20.0 Å². The van der Waals surface area contributed by atoms with Crippen LogP contribution >= 0.6 is 22.9 Å². The van der Waals surface area contributed by atoms with Crippen molar-refractivity contribution in [3.8, 4) is 16.4 Å². The van der Waals surface area contributed by atoms with Crippen molar-refractivity contribution in [3.63, 3.8) is 0 Å². The highest BCUT2D eigenvalue weighted by Crippen LogP contribution is 2.31. The first-order valence-electron chi connectivity index (χ1n) is 6.02. The number of hydrogen-bond donors (Lipinski definition) is 1. The molecule has 2 heterocycles. The summed E-state index contributed by atoms with van der Waals surface area (Å²) in [5, 5.41) is 11.7. The molecule has 0 bridgehead atoms. The standard InChI is InChI=1S/C13H12ClN5S/c1-8-7-20-13(16-8)19-12(11(6-15)17-18-19)9-4-2-3-5-10(9)14/h2-5,7H,6,15H2,1H3.